The van der Waals surface area contributed by atoms with Crippen molar-refractivity contribution >= 4 is 34.4 Å². The normalized spacial score (nSPS) is 19.1. The Balaban J connectivity index is 1.91. The molecule has 3 rings (SSSR count). The molecule has 3 N–H and O–H groups in total. The van der Waals surface area contributed by atoms with Gasteiger partial charge in [0.25, 0.3) is 0 Å². The Morgan fingerprint density at radius 1 is 1.16 bits per heavy atom. The number of aliphatic hydroxyl groups is 2. The molecular weight excluding hydrogens is 591 g/mol. The average molecular weight is 624 g/mol. The first-order valence-corrected chi connectivity index (χ1v) is 13.1. The van der Waals surface area contributed by atoms with Crippen molar-refractivity contribution in [3.05, 3.63) is 69.3 Å². The number of ether oxygens (including phenoxy) is 3. The maximum absolute atomic E-state index is 13.2. The van der Waals surface area contributed by atoms with Gasteiger partial charge in [0, 0.05) is 32.2 Å². The number of benzene rings is 2. The Morgan fingerprint density at radius 2 is 1.95 bits per heavy atom. The van der Waals surface area contributed by atoms with Crippen LogP contribution >= 0.6 is 22.6 Å². The molecule has 2 aromatic rings. The standard InChI is InChI=1S/C27H33IN2O7/c1-35-17-25(32)30(12-10-18-6-5-7-20(14-18)36-2)22-15-19(27(34)29-11-13-31)16-24(26(22)33)37-23-9-4-3-8-21(23)28/h3-9,14,16,22,24,26,31,33H,10-13,15,17H2,1-2H3,(H,29,34)/t22-,24+,26+/m1/s1. The number of aliphatic hydroxyl groups excluding tert-OH is 2. The summed E-state index contributed by atoms with van der Waals surface area (Å²) in [6, 6.07) is 14.2. The van der Waals surface area contributed by atoms with E-state index in [4.69, 9.17) is 19.3 Å². The third kappa shape index (κ3) is 7.91. The molecule has 3 atom stereocenters. The van der Waals surface area contributed by atoms with E-state index in [1.165, 1.54) is 7.11 Å². The van der Waals surface area contributed by atoms with Gasteiger partial charge in [-0.15, -0.1) is 0 Å². The zero-order valence-corrected chi connectivity index (χ0v) is 23.1. The first-order chi connectivity index (χ1) is 17.9. The predicted molar refractivity (Wildman–Crippen MR) is 146 cm³/mol. The first kappa shape index (κ1) is 28.9. The minimum atomic E-state index is -1.10. The number of rotatable bonds is 12. The molecule has 200 valence electrons. The molecule has 0 spiro atoms. The highest BCUT2D eigenvalue weighted by Crippen LogP contribution is 2.30. The van der Waals surface area contributed by atoms with E-state index in [1.54, 1.807) is 24.2 Å². The monoisotopic (exact) mass is 624 g/mol. The van der Waals surface area contributed by atoms with E-state index in [0.29, 0.717) is 23.5 Å². The highest BCUT2D eigenvalue weighted by atomic mass is 127. The number of carbonyl (C=O) groups is 2. The van der Waals surface area contributed by atoms with Crippen LogP contribution < -0.4 is 14.8 Å². The van der Waals surface area contributed by atoms with Crippen molar-refractivity contribution in [1.82, 2.24) is 10.2 Å². The molecule has 0 radical (unpaired) electrons. The number of methoxy groups -OCH3 is 2. The molecule has 0 saturated heterocycles. The van der Waals surface area contributed by atoms with Crippen molar-refractivity contribution in [1.29, 1.82) is 0 Å². The van der Waals surface area contributed by atoms with Crippen LogP contribution in [0.2, 0.25) is 0 Å². The van der Waals surface area contributed by atoms with Crippen molar-refractivity contribution in [2.24, 2.45) is 0 Å². The SMILES string of the molecule is COCC(=O)N(CCc1cccc(OC)c1)[C@@H]1CC(C(=O)NCCO)=C[C@H](Oc2ccccc2I)[C@H]1O. The Bertz CT molecular complexity index is 1090. The Morgan fingerprint density at radius 3 is 2.65 bits per heavy atom. The molecule has 37 heavy (non-hydrogen) atoms. The van der Waals surface area contributed by atoms with Crippen molar-refractivity contribution in [3.63, 3.8) is 0 Å². The fourth-order valence-electron chi connectivity index (χ4n) is 4.23. The molecule has 0 heterocycles. The number of hydrogen-bond acceptors (Lipinski definition) is 7. The molecule has 0 saturated carbocycles. The maximum Gasteiger partial charge on any atom is 0.248 e. The van der Waals surface area contributed by atoms with E-state index in [9.17, 15) is 14.7 Å². The summed E-state index contributed by atoms with van der Waals surface area (Å²) < 4.78 is 17.4. The summed E-state index contributed by atoms with van der Waals surface area (Å²) in [6.45, 7) is 0.0112. The van der Waals surface area contributed by atoms with Crippen molar-refractivity contribution in [2.75, 3.05) is 40.5 Å². The van der Waals surface area contributed by atoms with Crippen molar-refractivity contribution in [2.45, 2.75) is 31.1 Å². The number of amides is 2. The second-order valence-corrected chi connectivity index (χ2v) is 9.73. The average Bonchev–Trinajstić information content (AvgIpc) is 2.90. The van der Waals surface area contributed by atoms with Gasteiger partial charge in [-0.25, -0.2) is 0 Å². The number of para-hydroxylation sites is 1. The maximum atomic E-state index is 13.2. The van der Waals surface area contributed by atoms with Gasteiger partial charge in [-0.05, 0) is 64.9 Å². The van der Waals surface area contributed by atoms with Crippen LogP contribution in [-0.2, 0) is 20.7 Å². The van der Waals surface area contributed by atoms with Gasteiger partial charge in [-0.3, -0.25) is 9.59 Å². The van der Waals surface area contributed by atoms with Gasteiger partial charge in [-0.2, -0.15) is 0 Å². The van der Waals surface area contributed by atoms with Crippen LogP contribution in [0.4, 0.5) is 0 Å². The van der Waals surface area contributed by atoms with Crippen LogP contribution in [0.25, 0.3) is 0 Å². The minimum absolute atomic E-state index is 0.0909. The van der Waals surface area contributed by atoms with E-state index >= 15 is 0 Å². The number of hydrogen-bond donors (Lipinski definition) is 3. The second kappa shape index (κ2) is 14.3. The molecule has 0 unspecified atom stereocenters. The highest BCUT2D eigenvalue weighted by Gasteiger charge is 2.40. The molecule has 9 nitrogen and oxygen atoms in total. The number of halogens is 1. The lowest BCUT2D eigenvalue weighted by Gasteiger charge is -2.40. The minimum Gasteiger partial charge on any atom is -0.497 e. The summed E-state index contributed by atoms with van der Waals surface area (Å²) >= 11 is 2.14. The van der Waals surface area contributed by atoms with E-state index in [2.05, 4.69) is 27.9 Å². The highest BCUT2D eigenvalue weighted by molar-refractivity contribution is 14.1. The van der Waals surface area contributed by atoms with Gasteiger partial charge >= 0.3 is 0 Å². The zero-order chi connectivity index (χ0) is 26.8. The molecule has 2 amide bonds. The predicted octanol–water partition coefficient (Wildman–Crippen LogP) is 1.93. The summed E-state index contributed by atoms with van der Waals surface area (Å²) in [7, 11) is 3.03. The van der Waals surface area contributed by atoms with Crippen LogP contribution in [0, 0.1) is 3.57 Å². The third-order valence-corrected chi connectivity index (χ3v) is 6.97. The van der Waals surface area contributed by atoms with Gasteiger partial charge in [-0.1, -0.05) is 24.3 Å². The van der Waals surface area contributed by atoms with Crippen LogP contribution in [0.3, 0.4) is 0 Å². The second-order valence-electron chi connectivity index (χ2n) is 8.57. The van der Waals surface area contributed by atoms with Crippen LogP contribution in [0.1, 0.15) is 12.0 Å². The molecule has 2 aromatic carbocycles. The lowest BCUT2D eigenvalue weighted by Crippen LogP contribution is -2.56. The fourth-order valence-corrected chi connectivity index (χ4v) is 4.74. The van der Waals surface area contributed by atoms with E-state index in [1.807, 2.05) is 42.5 Å². The summed E-state index contributed by atoms with van der Waals surface area (Å²) in [4.78, 5) is 27.6. The van der Waals surface area contributed by atoms with Crippen LogP contribution in [0.15, 0.2) is 60.2 Å². The molecule has 10 heteroatoms. The van der Waals surface area contributed by atoms with Gasteiger partial charge in [0.05, 0.1) is 23.3 Å². The van der Waals surface area contributed by atoms with Gasteiger partial charge in [0.1, 0.15) is 30.3 Å². The van der Waals surface area contributed by atoms with E-state index in [0.717, 1.165) is 9.13 Å². The summed E-state index contributed by atoms with van der Waals surface area (Å²) in [6.07, 6.45) is 0.249. The molecule has 0 bridgehead atoms. The van der Waals surface area contributed by atoms with Crippen molar-refractivity contribution in [3.8, 4) is 11.5 Å². The molecular formula is C27H33IN2O7. The zero-order valence-electron chi connectivity index (χ0n) is 20.9. The topological polar surface area (TPSA) is 118 Å². The number of nitrogens with one attached hydrogen (secondary N) is 1. The summed E-state index contributed by atoms with van der Waals surface area (Å²) in [5.41, 5.74) is 1.33. The fraction of sp³-hybridized carbons (Fsp3) is 0.407. The largest absolute Gasteiger partial charge is 0.497 e. The van der Waals surface area contributed by atoms with Gasteiger partial charge in [0.15, 0.2) is 0 Å². The number of nitrogens with zero attached hydrogens (tertiary/aromatic N) is 1. The van der Waals surface area contributed by atoms with Crippen LogP contribution in [0.5, 0.6) is 11.5 Å². The van der Waals surface area contributed by atoms with Crippen molar-refractivity contribution < 1.29 is 34.0 Å². The third-order valence-electron chi connectivity index (χ3n) is 6.08. The molecule has 1 aliphatic carbocycles. The molecule has 0 aromatic heterocycles. The van der Waals surface area contributed by atoms with Gasteiger partial charge < -0.3 is 34.6 Å². The van der Waals surface area contributed by atoms with Gasteiger partial charge in [0.2, 0.25) is 11.8 Å². The Labute approximate surface area is 230 Å². The molecule has 0 aliphatic heterocycles. The molecule has 1 aliphatic rings. The Kier molecular flexibility index (Phi) is 11.2. The lowest BCUT2D eigenvalue weighted by atomic mass is 9.88. The summed E-state index contributed by atoms with van der Waals surface area (Å²) in [5.74, 6) is 0.584. The lowest BCUT2D eigenvalue weighted by molar-refractivity contribution is -0.142. The van der Waals surface area contributed by atoms with Crippen LogP contribution in [-0.4, -0.2) is 85.7 Å². The van der Waals surface area contributed by atoms with E-state index in [-0.39, 0.29) is 44.5 Å². The smallest absolute Gasteiger partial charge is 0.248 e. The summed E-state index contributed by atoms with van der Waals surface area (Å²) in [5, 5.41) is 23.2. The van der Waals surface area contributed by atoms with E-state index < -0.39 is 18.2 Å². The molecule has 0 fully saturated rings. The number of carbonyl (C=O) groups excluding carboxylic acids is 2. The first-order valence-electron chi connectivity index (χ1n) is 12.0. The Hall–Kier alpha value is -2.67. The quantitative estimate of drug-likeness (QED) is 0.309.